The van der Waals surface area contributed by atoms with Crippen LogP contribution in [0, 0.1) is 6.07 Å². The normalized spacial score (nSPS) is 10.1. The summed E-state index contributed by atoms with van der Waals surface area (Å²) >= 11 is 0. The first-order chi connectivity index (χ1) is 7.83. The van der Waals surface area contributed by atoms with E-state index in [0.29, 0.717) is 0 Å². The van der Waals surface area contributed by atoms with E-state index in [1.165, 1.54) is 16.7 Å². The minimum Gasteiger partial charge on any atom is -0.497 e. The number of benzene rings is 2. The molecule has 0 N–H and O–H groups in total. The molecule has 16 heavy (non-hydrogen) atoms. The average Bonchev–Trinajstić information content (AvgIpc) is 2.39. The minimum atomic E-state index is 0.886. The molecule has 1 heteroatoms. The molecule has 0 saturated heterocycles. The quantitative estimate of drug-likeness (QED) is 0.751. The summed E-state index contributed by atoms with van der Waals surface area (Å²) in [6.07, 6.45) is 1.03. The van der Waals surface area contributed by atoms with E-state index in [-0.39, 0.29) is 0 Å². The number of aryl methyl sites for hydroxylation is 1. The van der Waals surface area contributed by atoms with Crippen LogP contribution in [0.1, 0.15) is 12.5 Å². The van der Waals surface area contributed by atoms with Crippen molar-refractivity contribution >= 4 is 0 Å². The Bertz CT molecular complexity index is 457. The molecule has 81 valence electrons. The van der Waals surface area contributed by atoms with Gasteiger partial charge in [-0.05, 0) is 47.4 Å². The zero-order valence-electron chi connectivity index (χ0n) is 9.66. The van der Waals surface area contributed by atoms with Gasteiger partial charge >= 0.3 is 0 Å². The number of hydrogen-bond acceptors (Lipinski definition) is 1. The summed E-state index contributed by atoms with van der Waals surface area (Å²) in [6, 6.07) is 17.6. The van der Waals surface area contributed by atoms with Gasteiger partial charge in [-0.25, -0.2) is 0 Å². The van der Waals surface area contributed by atoms with Gasteiger partial charge in [-0.2, -0.15) is 0 Å². The molecule has 0 aliphatic rings. The average molecular weight is 211 g/mol. The van der Waals surface area contributed by atoms with Crippen LogP contribution in [0.5, 0.6) is 5.75 Å². The van der Waals surface area contributed by atoms with Crippen LogP contribution in [-0.4, -0.2) is 7.11 Å². The number of hydrogen-bond donors (Lipinski definition) is 0. The molecule has 0 saturated carbocycles. The van der Waals surface area contributed by atoms with E-state index >= 15 is 0 Å². The Hall–Kier alpha value is -1.76. The largest absolute Gasteiger partial charge is 0.497 e. The molecule has 2 aromatic rings. The van der Waals surface area contributed by atoms with Crippen molar-refractivity contribution in [2.45, 2.75) is 13.3 Å². The number of methoxy groups -OCH3 is 1. The summed E-state index contributed by atoms with van der Waals surface area (Å²) in [4.78, 5) is 0. The van der Waals surface area contributed by atoms with Crippen molar-refractivity contribution in [3.63, 3.8) is 0 Å². The van der Waals surface area contributed by atoms with Gasteiger partial charge in [0, 0.05) is 0 Å². The van der Waals surface area contributed by atoms with Gasteiger partial charge in [0.2, 0.25) is 0 Å². The second-order valence-corrected chi connectivity index (χ2v) is 3.69. The van der Waals surface area contributed by atoms with Crippen molar-refractivity contribution < 1.29 is 4.74 Å². The summed E-state index contributed by atoms with van der Waals surface area (Å²) in [5.74, 6) is 0.886. The first-order valence-electron chi connectivity index (χ1n) is 5.48. The van der Waals surface area contributed by atoms with Crippen LogP contribution in [-0.2, 0) is 6.42 Å². The number of rotatable bonds is 3. The molecular weight excluding hydrogens is 196 g/mol. The van der Waals surface area contributed by atoms with Crippen molar-refractivity contribution in [2.24, 2.45) is 0 Å². The summed E-state index contributed by atoms with van der Waals surface area (Å²) in [6.45, 7) is 2.14. The highest BCUT2D eigenvalue weighted by molar-refractivity contribution is 5.65. The molecular formula is C15H15O. The maximum atomic E-state index is 5.21. The van der Waals surface area contributed by atoms with Gasteiger partial charge in [-0.15, -0.1) is 0 Å². The molecule has 0 unspecified atom stereocenters. The van der Waals surface area contributed by atoms with Crippen molar-refractivity contribution in [1.29, 1.82) is 0 Å². The van der Waals surface area contributed by atoms with Crippen LogP contribution >= 0.6 is 0 Å². The highest BCUT2D eigenvalue weighted by Gasteiger charge is 1.99. The molecule has 0 atom stereocenters. The van der Waals surface area contributed by atoms with E-state index in [4.69, 9.17) is 4.74 Å². The Labute approximate surface area is 96.7 Å². The van der Waals surface area contributed by atoms with E-state index < -0.39 is 0 Å². The highest BCUT2D eigenvalue weighted by Crippen LogP contribution is 2.23. The molecule has 1 nitrogen and oxygen atoms in total. The van der Waals surface area contributed by atoms with Crippen LogP contribution < -0.4 is 4.74 Å². The summed E-state index contributed by atoms with van der Waals surface area (Å²) < 4.78 is 5.21. The van der Waals surface area contributed by atoms with Crippen LogP contribution in [0.3, 0.4) is 0 Å². The van der Waals surface area contributed by atoms with Gasteiger partial charge in [0.15, 0.2) is 0 Å². The lowest BCUT2D eigenvalue weighted by molar-refractivity contribution is 0.415. The van der Waals surface area contributed by atoms with Gasteiger partial charge in [-0.1, -0.05) is 31.2 Å². The van der Waals surface area contributed by atoms with Crippen LogP contribution in [0.15, 0.2) is 42.5 Å². The predicted molar refractivity (Wildman–Crippen MR) is 66.6 cm³/mol. The van der Waals surface area contributed by atoms with Gasteiger partial charge in [0.05, 0.1) is 7.11 Å². The van der Waals surface area contributed by atoms with E-state index in [2.05, 4.69) is 31.2 Å². The van der Waals surface area contributed by atoms with Crippen LogP contribution in [0.4, 0.5) is 0 Å². The molecule has 0 aliphatic heterocycles. The van der Waals surface area contributed by atoms with Gasteiger partial charge in [0.1, 0.15) is 5.75 Å². The van der Waals surface area contributed by atoms with Crippen molar-refractivity contribution in [3.05, 3.63) is 54.1 Å². The Balaban J connectivity index is 2.34. The third-order valence-electron chi connectivity index (χ3n) is 2.66. The Kier molecular flexibility index (Phi) is 3.25. The first-order valence-corrected chi connectivity index (χ1v) is 5.48. The highest BCUT2D eigenvalue weighted by atomic mass is 16.5. The van der Waals surface area contributed by atoms with E-state index in [1.807, 2.05) is 24.3 Å². The topological polar surface area (TPSA) is 9.23 Å². The summed E-state index contributed by atoms with van der Waals surface area (Å²) in [5, 5.41) is 0. The van der Waals surface area contributed by atoms with Crippen molar-refractivity contribution in [1.82, 2.24) is 0 Å². The first kappa shape index (κ1) is 10.7. The lowest BCUT2D eigenvalue weighted by Gasteiger charge is -2.05. The third kappa shape index (κ3) is 2.25. The fourth-order valence-corrected chi connectivity index (χ4v) is 1.66. The zero-order chi connectivity index (χ0) is 11.4. The molecule has 0 amide bonds. The Morgan fingerprint density at radius 1 is 1.12 bits per heavy atom. The lowest BCUT2D eigenvalue weighted by Crippen LogP contribution is -1.85. The molecule has 0 bridgehead atoms. The summed E-state index contributed by atoms with van der Waals surface area (Å²) in [5.41, 5.74) is 3.58. The van der Waals surface area contributed by atoms with Gasteiger partial charge in [-0.3, -0.25) is 0 Å². The van der Waals surface area contributed by atoms with Crippen LogP contribution in [0.2, 0.25) is 0 Å². The SMILES string of the molecule is CCc1[c]cc(-c2cccc(OC)c2)cc1. The van der Waals surface area contributed by atoms with Gasteiger partial charge < -0.3 is 4.74 Å². The minimum absolute atomic E-state index is 0.886. The van der Waals surface area contributed by atoms with Crippen molar-refractivity contribution in [3.8, 4) is 16.9 Å². The lowest BCUT2D eigenvalue weighted by atomic mass is 10.0. The smallest absolute Gasteiger partial charge is 0.119 e. The maximum absolute atomic E-state index is 5.21. The Morgan fingerprint density at radius 2 is 2.00 bits per heavy atom. The summed E-state index contributed by atoms with van der Waals surface area (Å²) in [7, 11) is 1.69. The monoisotopic (exact) mass is 211 g/mol. The second kappa shape index (κ2) is 4.84. The fraction of sp³-hybridized carbons (Fsp3) is 0.200. The molecule has 0 aliphatic carbocycles. The standard InChI is InChI=1S/C15H15O/c1-3-12-7-9-13(10-8-12)14-5-4-6-15(11-14)16-2/h4-7,9-11H,3H2,1-2H3. The molecule has 1 radical (unpaired) electrons. The maximum Gasteiger partial charge on any atom is 0.119 e. The molecule has 0 fully saturated rings. The third-order valence-corrected chi connectivity index (χ3v) is 2.66. The van der Waals surface area contributed by atoms with E-state index in [0.717, 1.165) is 12.2 Å². The fourth-order valence-electron chi connectivity index (χ4n) is 1.66. The molecule has 0 heterocycles. The zero-order valence-corrected chi connectivity index (χ0v) is 9.66. The van der Waals surface area contributed by atoms with E-state index in [9.17, 15) is 0 Å². The number of ether oxygens (including phenoxy) is 1. The van der Waals surface area contributed by atoms with Gasteiger partial charge in [0.25, 0.3) is 0 Å². The predicted octanol–water partition coefficient (Wildman–Crippen LogP) is 3.72. The molecule has 0 aromatic heterocycles. The molecule has 2 aromatic carbocycles. The Morgan fingerprint density at radius 3 is 2.62 bits per heavy atom. The second-order valence-electron chi connectivity index (χ2n) is 3.69. The van der Waals surface area contributed by atoms with Crippen LogP contribution in [0.25, 0.3) is 11.1 Å². The van der Waals surface area contributed by atoms with Crippen molar-refractivity contribution in [2.75, 3.05) is 7.11 Å². The molecule has 0 spiro atoms. The molecule has 2 rings (SSSR count). The van der Waals surface area contributed by atoms with E-state index in [1.54, 1.807) is 7.11 Å².